The number of nitrogens with one attached hydrogen (secondary N) is 1. The van der Waals surface area contributed by atoms with Crippen molar-refractivity contribution in [3.8, 4) is 0 Å². The van der Waals surface area contributed by atoms with E-state index in [2.05, 4.69) is 5.32 Å². The molecular weight excluding hydrogens is 364 g/mol. The number of nitrogens with zero attached hydrogens (tertiary/aromatic N) is 1. The number of hydrogen-bond acceptors (Lipinski definition) is 4. The van der Waals surface area contributed by atoms with Gasteiger partial charge in [-0.3, -0.25) is 9.59 Å². The topological polar surface area (TPSA) is 83.6 Å². The summed E-state index contributed by atoms with van der Waals surface area (Å²) >= 11 is 0. The molecular formula is C20H32N2O4S. The van der Waals surface area contributed by atoms with Crippen molar-refractivity contribution in [2.45, 2.75) is 82.5 Å². The van der Waals surface area contributed by atoms with Gasteiger partial charge in [0.25, 0.3) is 0 Å². The summed E-state index contributed by atoms with van der Waals surface area (Å²) in [6.45, 7) is 6.55. The minimum Gasteiger partial charge on any atom is -0.350 e. The lowest BCUT2D eigenvalue weighted by atomic mass is 9.69. The highest BCUT2D eigenvalue weighted by Crippen LogP contribution is 2.50. The molecule has 152 valence electrons. The minimum atomic E-state index is -3.23. The molecule has 0 aromatic rings. The van der Waals surface area contributed by atoms with Crippen molar-refractivity contribution in [3.63, 3.8) is 0 Å². The Bertz CT molecular complexity index is 729. The minimum absolute atomic E-state index is 0.0641. The van der Waals surface area contributed by atoms with Gasteiger partial charge >= 0.3 is 0 Å². The van der Waals surface area contributed by atoms with Gasteiger partial charge in [0.2, 0.25) is 11.8 Å². The maximum absolute atomic E-state index is 12.7. The fourth-order valence-corrected chi connectivity index (χ4v) is 7.11. The molecule has 0 bridgehead atoms. The highest BCUT2D eigenvalue weighted by molar-refractivity contribution is 7.92. The van der Waals surface area contributed by atoms with Crippen LogP contribution in [-0.4, -0.2) is 54.3 Å². The Morgan fingerprint density at radius 1 is 1.26 bits per heavy atom. The number of amides is 2. The standard InChI is InChI=1S/C20H32N2O4S/c1-4-22(14(2)3)19(24)16-11-20(12-16)13-17(8-9-27(20,25)26)21-18(23)10-15-6-5-7-15/h10,14,16-17H,4-9,11-13H2,1-3H3,(H,21,23). The van der Waals surface area contributed by atoms with Crippen LogP contribution in [0.15, 0.2) is 11.6 Å². The molecule has 1 unspecified atom stereocenters. The lowest BCUT2D eigenvalue weighted by Gasteiger charge is -2.51. The summed E-state index contributed by atoms with van der Waals surface area (Å²) in [4.78, 5) is 26.7. The molecule has 7 heteroatoms. The Kier molecular flexibility index (Phi) is 5.71. The van der Waals surface area contributed by atoms with Gasteiger partial charge in [-0.2, -0.15) is 0 Å². The van der Waals surface area contributed by atoms with E-state index in [1.54, 1.807) is 6.08 Å². The molecule has 0 radical (unpaired) electrons. The van der Waals surface area contributed by atoms with Crippen molar-refractivity contribution < 1.29 is 18.0 Å². The van der Waals surface area contributed by atoms with Crippen LogP contribution in [0.5, 0.6) is 0 Å². The van der Waals surface area contributed by atoms with Crippen LogP contribution >= 0.6 is 0 Å². The van der Waals surface area contributed by atoms with E-state index in [1.807, 2.05) is 25.7 Å². The molecule has 1 saturated heterocycles. The SMILES string of the molecule is CCN(C(=O)C1CC2(CC(NC(=O)C=C3CCC3)CCS2(=O)=O)C1)C(C)C. The molecule has 1 aliphatic heterocycles. The van der Waals surface area contributed by atoms with Crippen LogP contribution in [0.3, 0.4) is 0 Å². The quantitative estimate of drug-likeness (QED) is 0.722. The van der Waals surface area contributed by atoms with E-state index >= 15 is 0 Å². The molecule has 27 heavy (non-hydrogen) atoms. The third-order valence-electron chi connectivity index (χ3n) is 6.52. The van der Waals surface area contributed by atoms with Gasteiger partial charge in [-0.25, -0.2) is 8.42 Å². The Morgan fingerprint density at radius 3 is 2.44 bits per heavy atom. The predicted molar refractivity (Wildman–Crippen MR) is 105 cm³/mol. The van der Waals surface area contributed by atoms with Gasteiger partial charge in [0.1, 0.15) is 0 Å². The fourth-order valence-electron chi connectivity index (χ4n) is 4.71. The van der Waals surface area contributed by atoms with Crippen molar-refractivity contribution in [2.24, 2.45) is 5.92 Å². The third kappa shape index (κ3) is 3.93. The van der Waals surface area contributed by atoms with E-state index in [0.717, 1.165) is 19.3 Å². The molecule has 1 heterocycles. The normalized spacial score (nSPS) is 31.8. The first-order valence-corrected chi connectivity index (χ1v) is 11.9. The van der Waals surface area contributed by atoms with E-state index in [1.165, 1.54) is 5.57 Å². The molecule has 2 amide bonds. The Morgan fingerprint density at radius 2 is 1.93 bits per heavy atom. The number of allylic oxidation sites excluding steroid dienone is 1. The zero-order valence-corrected chi connectivity index (χ0v) is 17.5. The van der Waals surface area contributed by atoms with Crippen LogP contribution in [0.2, 0.25) is 0 Å². The van der Waals surface area contributed by atoms with Gasteiger partial charge < -0.3 is 10.2 Å². The summed E-state index contributed by atoms with van der Waals surface area (Å²) in [6, 6.07) is -0.00465. The lowest BCUT2D eigenvalue weighted by Crippen LogP contribution is -2.61. The maximum Gasteiger partial charge on any atom is 0.244 e. The Hall–Kier alpha value is -1.37. The number of hydrogen-bond donors (Lipinski definition) is 1. The van der Waals surface area contributed by atoms with E-state index in [4.69, 9.17) is 0 Å². The first-order valence-electron chi connectivity index (χ1n) is 10.2. The van der Waals surface area contributed by atoms with E-state index in [-0.39, 0.29) is 35.6 Å². The molecule has 1 spiro atoms. The summed E-state index contributed by atoms with van der Waals surface area (Å²) in [5.74, 6) is -0.159. The Balaban J connectivity index is 1.63. The van der Waals surface area contributed by atoms with Crippen LogP contribution in [0.1, 0.15) is 65.7 Å². The van der Waals surface area contributed by atoms with Gasteiger partial charge in [0.05, 0.1) is 10.5 Å². The monoisotopic (exact) mass is 396 g/mol. The number of sulfone groups is 1. The molecule has 0 aromatic heterocycles. The summed E-state index contributed by atoms with van der Waals surface area (Å²) in [7, 11) is -3.23. The van der Waals surface area contributed by atoms with Crippen LogP contribution in [-0.2, 0) is 19.4 Å². The molecule has 1 atom stereocenters. The highest BCUT2D eigenvalue weighted by atomic mass is 32.2. The van der Waals surface area contributed by atoms with Gasteiger partial charge in [-0.05, 0) is 65.7 Å². The summed E-state index contributed by atoms with van der Waals surface area (Å²) in [5, 5.41) is 3.00. The zero-order chi connectivity index (χ0) is 19.8. The van der Waals surface area contributed by atoms with Crippen LogP contribution < -0.4 is 5.32 Å². The molecule has 3 fully saturated rings. The maximum atomic E-state index is 12.7. The molecule has 3 rings (SSSR count). The van der Waals surface area contributed by atoms with Crippen LogP contribution in [0.25, 0.3) is 0 Å². The summed E-state index contributed by atoms with van der Waals surface area (Å²) < 4.78 is 24.7. The second-order valence-corrected chi connectivity index (χ2v) is 11.2. The van der Waals surface area contributed by atoms with Crippen molar-refractivity contribution in [3.05, 3.63) is 11.6 Å². The largest absolute Gasteiger partial charge is 0.350 e. The molecule has 6 nitrogen and oxygen atoms in total. The van der Waals surface area contributed by atoms with Crippen LogP contribution in [0.4, 0.5) is 0 Å². The predicted octanol–water partition coefficient (Wildman–Crippen LogP) is 2.20. The summed E-state index contributed by atoms with van der Waals surface area (Å²) in [5.41, 5.74) is 1.17. The van der Waals surface area contributed by atoms with Gasteiger partial charge in [0, 0.05) is 30.6 Å². The first-order chi connectivity index (χ1) is 12.7. The smallest absolute Gasteiger partial charge is 0.244 e. The second kappa shape index (κ2) is 7.57. The number of carbonyl (C=O) groups is 2. The van der Waals surface area contributed by atoms with Crippen molar-refractivity contribution in [1.82, 2.24) is 10.2 Å². The molecule has 2 saturated carbocycles. The number of carbonyl (C=O) groups excluding carboxylic acids is 2. The zero-order valence-electron chi connectivity index (χ0n) is 16.7. The average molecular weight is 397 g/mol. The first kappa shape index (κ1) is 20.4. The Labute approximate surface area is 162 Å². The third-order valence-corrected chi connectivity index (χ3v) is 9.12. The van der Waals surface area contributed by atoms with Crippen LogP contribution in [0, 0.1) is 5.92 Å². The van der Waals surface area contributed by atoms with Crippen molar-refractivity contribution in [2.75, 3.05) is 12.3 Å². The molecule has 2 aliphatic carbocycles. The van der Waals surface area contributed by atoms with E-state index < -0.39 is 14.6 Å². The van der Waals surface area contributed by atoms with Gasteiger partial charge in [-0.15, -0.1) is 0 Å². The van der Waals surface area contributed by atoms with E-state index in [0.29, 0.717) is 32.2 Å². The molecule has 1 N–H and O–H groups in total. The van der Waals surface area contributed by atoms with Gasteiger partial charge in [0.15, 0.2) is 9.84 Å². The lowest BCUT2D eigenvalue weighted by molar-refractivity contribution is -0.141. The second-order valence-electron chi connectivity index (χ2n) is 8.68. The summed E-state index contributed by atoms with van der Waals surface area (Å²) in [6.07, 6.45) is 6.48. The fraction of sp³-hybridized carbons (Fsp3) is 0.800. The molecule has 3 aliphatic rings. The number of rotatable bonds is 5. The van der Waals surface area contributed by atoms with Crippen molar-refractivity contribution in [1.29, 1.82) is 0 Å². The highest BCUT2D eigenvalue weighted by Gasteiger charge is 2.58. The molecule has 0 aromatic carbocycles. The average Bonchev–Trinajstić information content (AvgIpc) is 2.50. The van der Waals surface area contributed by atoms with Crippen molar-refractivity contribution >= 4 is 21.7 Å². The van der Waals surface area contributed by atoms with Gasteiger partial charge in [-0.1, -0.05) is 5.57 Å². The van der Waals surface area contributed by atoms with E-state index in [9.17, 15) is 18.0 Å².